The highest BCUT2D eigenvalue weighted by Crippen LogP contribution is 2.11. The zero-order valence-corrected chi connectivity index (χ0v) is 11.3. The number of amides is 1. The highest BCUT2D eigenvalue weighted by atomic mass is 16.5. The van der Waals surface area contributed by atoms with Crippen molar-refractivity contribution in [1.82, 2.24) is 15.5 Å². The fraction of sp³-hybridized carbons (Fsp3) is 0.923. The normalized spacial score (nSPS) is 26.4. The summed E-state index contributed by atoms with van der Waals surface area (Å²) in [7, 11) is 1.74. The Hall–Kier alpha value is -0.650. The predicted octanol–water partition coefficient (Wildman–Crippen LogP) is -0.0346. The van der Waals surface area contributed by atoms with Crippen molar-refractivity contribution in [3.63, 3.8) is 0 Å². The van der Waals surface area contributed by atoms with Gasteiger partial charge in [0.1, 0.15) is 0 Å². The summed E-state index contributed by atoms with van der Waals surface area (Å²) in [6.07, 6.45) is 4.22. The van der Waals surface area contributed by atoms with Crippen LogP contribution in [0.25, 0.3) is 0 Å². The van der Waals surface area contributed by atoms with Crippen molar-refractivity contribution in [3.8, 4) is 0 Å². The van der Waals surface area contributed by atoms with Crippen LogP contribution < -0.4 is 10.6 Å². The van der Waals surface area contributed by atoms with Gasteiger partial charge in [-0.3, -0.25) is 4.79 Å². The van der Waals surface area contributed by atoms with E-state index in [0.717, 1.165) is 58.5 Å². The molecule has 2 fully saturated rings. The monoisotopic (exact) mass is 255 g/mol. The van der Waals surface area contributed by atoms with E-state index in [1.165, 1.54) is 0 Å². The van der Waals surface area contributed by atoms with Gasteiger partial charge in [0, 0.05) is 32.8 Å². The molecule has 0 aromatic carbocycles. The quantitative estimate of drug-likeness (QED) is 0.724. The number of rotatable bonds is 5. The Labute approximate surface area is 109 Å². The first kappa shape index (κ1) is 13.8. The molecule has 0 unspecified atom stereocenters. The van der Waals surface area contributed by atoms with Gasteiger partial charge in [-0.25, -0.2) is 0 Å². The van der Waals surface area contributed by atoms with Crippen molar-refractivity contribution >= 4 is 5.91 Å². The number of nitrogens with one attached hydrogen (secondary N) is 2. The molecule has 0 radical (unpaired) electrons. The van der Waals surface area contributed by atoms with E-state index in [2.05, 4.69) is 15.5 Å². The summed E-state index contributed by atoms with van der Waals surface area (Å²) in [6.45, 7) is 4.90. The molecule has 0 aromatic heterocycles. The van der Waals surface area contributed by atoms with Gasteiger partial charge in [-0.15, -0.1) is 0 Å². The van der Waals surface area contributed by atoms with Gasteiger partial charge < -0.3 is 20.3 Å². The molecule has 2 aliphatic heterocycles. The second-order valence-corrected chi connectivity index (χ2v) is 5.27. The first-order chi connectivity index (χ1) is 8.79. The number of piperidine rings is 1. The number of methoxy groups -OCH3 is 1. The van der Waals surface area contributed by atoms with Crippen LogP contribution in [0.3, 0.4) is 0 Å². The van der Waals surface area contributed by atoms with Crippen LogP contribution >= 0.6 is 0 Å². The summed E-state index contributed by atoms with van der Waals surface area (Å²) in [4.78, 5) is 14.4. The average Bonchev–Trinajstić information content (AvgIpc) is 2.92. The Balaban J connectivity index is 1.65. The van der Waals surface area contributed by atoms with E-state index >= 15 is 0 Å². The van der Waals surface area contributed by atoms with E-state index in [-0.39, 0.29) is 11.9 Å². The maximum absolute atomic E-state index is 12.0. The summed E-state index contributed by atoms with van der Waals surface area (Å²) in [5, 5.41) is 6.42. The smallest absolute Gasteiger partial charge is 0.237 e. The molecular weight excluding hydrogens is 230 g/mol. The Morgan fingerprint density at radius 2 is 2.17 bits per heavy atom. The lowest BCUT2D eigenvalue weighted by Gasteiger charge is -2.32. The van der Waals surface area contributed by atoms with Crippen molar-refractivity contribution in [3.05, 3.63) is 0 Å². The molecule has 5 nitrogen and oxygen atoms in total. The largest absolute Gasteiger partial charge is 0.383 e. The summed E-state index contributed by atoms with van der Waals surface area (Å²) < 4.78 is 5.08. The first-order valence-corrected chi connectivity index (χ1v) is 7.04. The van der Waals surface area contributed by atoms with Crippen LogP contribution in [-0.4, -0.2) is 62.8 Å². The number of nitrogens with zero attached hydrogens (tertiary/aromatic N) is 1. The lowest BCUT2D eigenvalue weighted by Crippen LogP contribution is -2.49. The SMILES string of the molecule is COCCN1CCC(NC(=O)[C@@H]2CCCN2)CC1. The van der Waals surface area contributed by atoms with E-state index in [9.17, 15) is 4.79 Å². The molecule has 0 aromatic rings. The second kappa shape index (κ2) is 7.07. The highest BCUT2D eigenvalue weighted by molar-refractivity contribution is 5.82. The molecule has 0 spiro atoms. The Morgan fingerprint density at radius 3 is 2.78 bits per heavy atom. The van der Waals surface area contributed by atoms with Crippen LogP contribution in [0.1, 0.15) is 25.7 Å². The van der Waals surface area contributed by atoms with Crippen LogP contribution in [0.15, 0.2) is 0 Å². The molecule has 1 amide bonds. The number of likely N-dealkylation sites (tertiary alicyclic amines) is 1. The number of hydrogen-bond acceptors (Lipinski definition) is 4. The molecule has 1 atom stereocenters. The molecule has 0 saturated carbocycles. The van der Waals surface area contributed by atoms with E-state index < -0.39 is 0 Å². The Bertz CT molecular complexity index is 259. The van der Waals surface area contributed by atoms with Crippen molar-refractivity contribution in [1.29, 1.82) is 0 Å². The van der Waals surface area contributed by atoms with Gasteiger partial charge in [-0.2, -0.15) is 0 Å². The van der Waals surface area contributed by atoms with Crippen LogP contribution in [0, 0.1) is 0 Å². The third-order valence-electron chi connectivity index (χ3n) is 3.92. The van der Waals surface area contributed by atoms with Crippen LogP contribution in [0.2, 0.25) is 0 Å². The summed E-state index contributed by atoms with van der Waals surface area (Å²) >= 11 is 0. The van der Waals surface area contributed by atoms with Crippen molar-refractivity contribution in [2.75, 3.05) is 39.9 Å². The lowest BCUT2D eigenvalue weighted by atomic mass is 10.0. The number of ether oxygens (including phenoxy) is 1. The molecule has 2 aliphatic rings. The minimum absolute atomic E-state index is 0.0523. The average molecular weight is 255 g/mol. The molecule has 5 heteroatoms. The molecule has 2 saturated heterocycles. The third kappa shape index (κ3) is 3.93. The fourth-order valence-electron chi connectivity index (χ4n) is 2.73. The lowest BCUT2D eigenvalue weighted by molar-refractivity contribution is -0.123. The van der Waals surface area contributed by atoms with E-state index in [4.69, 9.17) is 4.74 Å². The molecule has 0 bridgehead atoms. The second-order valence-electron chi connectivity index (χ2n) is 5.27. The van der Waals surface area contributed by atoms with E-state index in [1.807, 2.05) is 0 Å². The van der Waals surface area contributed by atoms with Crippen molar-refractivity contribution < 1.29 is 9.53 Å². The van der Waals surface area contributed by atoms with E-state index in [1.54, 1.807) is 7.11 Å². The minimum atomic E-state index is 0.0523. The zero-order valence-electron chi connectivity index (χ0n) is 11.3. The minimum Gasteiger partial charge on any atom is -0.383 e. The highest BCUT2D eigenvalue weighted by Gasteiger charge is 2.26. The van der Waals surface area contributed by atoms with Gasteiger partial charge in [0.25, 0.3) is 0 Å². The van der Waals surface area contributed by atoms with Gasteiger partial charge >= 0.3 is 0 Å². The Morgan fingerprint density at radius 1 is 1.39 bits per heavy atom. The molecule has 104 valence electrons. The van der Waals surface area contributed by atoms with Gasteiger partial charge in [-0.1, -0.05) is 0 Å². The van der Waals surface area contributed by atoms with Gasteiger partial charge in [0.15, 0.2) is 0 Å². The molecular formula is C13H25N3O2. The summed E-state index contributed by atoms with van der Waals surface area (Å²) in [5.74, 6) is 0.197. The topological polar surface area (TPSA) is 53.6 Å². The molecule has 0 aliphatic carbocycles. The van der Waals surface area contributed by atoms with E-state index in [0.29, 0.717) is 6.04 Å². The maximum atomic E-state index is 12.0. The standard InChI is InChI=1S/C13H25N3O2/c1-18-10-9-16-7-4-11(5-8-16)15-13(17)12-3-2-6-14-12/h11-12,14H,2-10H2,1H3,(H,15,17)/t12-/m0/s1. The van der Waals surface area contributed by atoms with Crippen molar-refractivity contribution in [2.45, 2.75) is 37.8 Å². The van der Waals surface area contributed by atoms with Crippen molar-refractivity contribution in [2.24, 2.45) is 0 Å². The summed E-state index contributed by atoms with van der Waals surface area (Å²) in [5.41, 5.74) is 0. The van der Waals surface area contributed by atoms with Gasteiger partial charge in [-0.05, 0) is 32.2 Å². The number of hydrogen-bond donors (Lipinski definition) is 2. The number of carbonyl (C=O) groups excluding carboxylic acids is 1. The predicted molar refractivity (Wildman–Crippen MR) is 70.5 cm³/mol. The molecule has 2 heterocycles. The fourth-order valence-corrected chi connectivity index (χ4v) is 2.73. The van der Waals surface area contributed by atoms with Gasteiger partial charge in [0.2, 0.25) is 5.91 Å². The molecule has 18 heavy (non-hydrogen) atoms. The zero-order chi connectivity index (χ0) is 12.8. The van der Waals surface area contributed by atoms with Gasteiger partial charge in [0.05, 0.1) is 12.6 Å². The van der Waals surface area contributed by atoms with Crippen LogP contribution in [0.5, 0.6) is 0 Å². The molecule has 2 rings (SSSR count). The van der Waals surface area contributed by atoms with Crippen LogP contribution in [0.4, 0.5) is 0 Å². The first-order valence-electron chi connectivity index (χ1n) is 7.04. The summed E-state index contributed by atoms with van der Waals surface area (Å²) in [6, 6.07) is 0.412. The number of carbonyl (C=O) groups is 1. The Kier molecular flexibility index (Phi) is 5.41. The molecule has 2 N–H and O–H groups in total. The third-order valence-corrected chi connectivity index (χ3v) is 3.92. The maximum Gasteiger partial charge on any atom is 0.237 e. The van der Waals surface area contributed by atoms with Crippen LogP contribution in [-0.2, 0) is 9.53 Å².